The molecule has 2 aromatic rings. The minimum absolute atomic E-state index is 0.129. The molecule has 0 aromatic carbocycles. The molecule has 2 aliphatic rings. The molecule has 134 valence electrons. The predicted octanol–water partition coefficient (Wildman–Crippen LogP) is 1.76. The van der Waals surface area contributed by atoms with Crippen LogP contribution in [0.5, 0.6) is 0 Å². The van der Waals surface area contributed by atoms with Crippen molar-refractivity contribution in [3.05, 3.63) is 35.5 Å². The van der Waals surface area contributed by atoms with Gasteiger partial charge < -0.3 is 10.1 Å². The summed E-state index contributed by atoms with van der Waals surface area (Å²) in [4.78, 5) is 19.2. The van der Waals surface area contributed by atoms with Gasteiger partial charge in [0.15, 0.2) is 5.69 Å². The lowest BCUT2D eigenvalue weighted by Crippen LogP contribution is -2.52. The summed E-state index contributed by atoms with van der Waals surface area (Å²) in [6.45, 7) is 4.98. The van der Waals surface area contributed by atoms with E-state index in [1.165, 1.54) is 23.7 Å². The van der Waals surface area contributed by atoms with E-state index in [4.69, 9.17) is 4.74 Å². The van der Waals surface area contributed by atoms with Gasteiger partial charge in [0.25, 0.3) is 5.91 Å². The van der Waals surface area contributed by atoms with Crippen LogP contribution in [0.3, 0.4) is 0 Å². The number of carbonyl (C=O) groups is 1. The molecule has 2 fully saturated rings. The molecule has 0 unspecified atom stereocenters. The maximum absolute atomic E-state index is 14.6. The molecule has 6 nitrogen and oxygen atoms in total. The number of aromatic nitrogens is 2. The van der Waals surface area contributed by atoms with Gasteiger partial charge in [0.2, 0.25) is 5.95 Å². The van der Waals surface area contributed by atoms with Crippen molar-refractivity contribution in [2.24, 2.45) is 0 Å². The molecule has 0 radical (unpaired) electrons. The maximum Gasteiger partial charge on any atom is 0.275 e. The smallest absolute Gasteiger partial charge is 0.275 e. The summed E-state index contributed by atoms with van der Waals surface area (Å²) >= 11 is 0. The van der Waals surface area contributed by atoms with E-state index in [0.29, 0.717) is 18.9 Å². The molecular formula is C18H23FN4O2. The number of nitrogens with one attached hydrogen (secondary N) is 1. The lowest BCUT2D eigenvalue weighted by atomic mass is 10.0. The first-order chi connectivity index (χ1) is 12.1. The molecule has 25 heavy (non-hydrogen) atoms. The average molecular weight is 346 g/mol. The van der Waals surface area contributed by atoms with Crippen LogP contribution in [-0.4, -0.2) is 58.6 Å². The van der Waals surface area contributed by atoms with Crippen molar-refractivity contribution < 1.29 is 13.9 Å². The molecule has 4 rings (SSSR count). The predicted molar refractivity (Wildman–Crippen MR) is 91.2 cm³/mol. The number of likely N-dealkylation sites (tertiary alicyclic amines) is 1. The fourth-order valence-corrected chi connectivity index (χ4v) is 3.85. The van der Waals surface area contributed by atoms with Crippen LogP contribution in [0.2, 0.25) is 0 Å². The number of hydrogen-bond acceptors (Lipinski definition) is 4. The number of carbonyl (C=O) groups excluding carboxylic acids is 1. The molecule has 1 N–H and O–H groups in total. The number of piperidine rings is 1. The lowest BCUT2D eigenvalue weighted by Gasteiger charge is -2.34. The minimum Gasteiger partial charge on any atom is -0.378 e. The molecule has 4 heterocycles. The van der Waals surface area contributed by atoms with E-state index in [9.17, 15) is 9.18 Å². The third-order valence-electron chi connectivity index (χ3n) is 5.23. The summed E-state index contributed by atoms with van der Waals surface area (Å²) in [5, 5.41) is 2.94. The normalized spacial score (nSPS) is 24.7. The van der Waals surface area contributed by atoms with Crippen LogP contribution in [0.25, 0.3) is 5.65 Å². The van der Waals surface area contributed by atoms with Crippen LogP contribution in [-0.2, 0) is 4.74 Å². The second-order valence-electron chi connectivity index (χ2n) is 6.92. The van der Waals surface area contributed by atoms with Gasteiger partial charge in [-0.05, 0) is 44.5 Å². The average Bonchev–Trinajstić information content (AvgIpc) is 3.21. The Bertz CT molecular complexity index is 785. The summed E-state index contributed by atoms with van der Waals surface area (Å²) in [6, 6.07) is 3.62. The molecule has 2 atom stereocenters. The van der Waals surface area contributed by atoms with Gasteiger partial charge in [-0.3, -0.25) is 14.1 Å². The van der Waals surface area contributed by atoms with Crippen molar-refractivity contribution in [1.29, 1.82) is 0 Å². The number of ether oxygens (including phenoxy) is 1. The van der Waals surface area contributed by atoms with Crippen molar-refractivity contribution in [3.8, 4) is 0 Å². The second kappa shape index (κ2) is 6.72. The van der Waals surface area contributed by atoms with Crippen LogP contribution in [0.15, 0.2) is 18.3 Å². The highest BCUT2D eigenvalue weighted by Gasteiger charge is 2.35. The number of rotatable bonds is 3. The summed E-state index contributed by atoms with van der Waals surface area (Å²) in [6.07, 6.45) is 5.19. The van der Waals surface area contributed by atoms with Gasteiger partial charge in [-0.1, -0.05) is 12.5 Å². The van der Waals surface area contributed by atoms with Crippen molar-refractivity contribution in [2.75, 3.05) is 26.3 Å². The van der Waals surface area contributed by atoms with E-state index in [2.05, 4.69) is 15.2 Å². The summed E-state index contributed by atoms with van der Waals surface area (Å²) in [7, 11) is 0. The van der Waals surface area contributed by atoms with Crippen LogP contribution < -0.4 is 5.32 Å². The summed E-state index contributed by atoms with van der Waals surface area (Å²) in [5.41, 5.74) is 1.15. The Morgan fingerprint density at radius 3 is 2.88 bits per heavy atom. The number of imidazole rings is 1. The fourth-order valence-electron chi connectivity index (χ4n) is 3.85. The van der Waals surface area contributed by atoms with E-state index >= 15 is 0 Å². The lowest BCUT2D eigenvalue weighted by molar-refractivity contribution is 0.0891. The van der Waals surface area contributed by atoms with Crippen LogP contribution in [0, 0.1) is 12.9 Å². The Hall–Kier alpha value is -1.99. The third kappa shape index (κ3) is 3.02. The number of aryl methyl sites for hydroxylation is 1. The quantitative estimate of drug-likeness (QED) is 0.920. The Morgan fingerprint density at radius 1 is 1.32 bits per heavy atom. The molecule has 2 aromatic heterocycles. The summed E-state index contributed by atoms with van der Waals surface area (Å²) in [5.74, 6) is -1.09. The van der Waals surface area contributed by atoms with E-state index < -0.39 is 11.9 Å². The number of amides is 1. The molecule has 0 aliphatic carbocycles. The van der Waals surface area contributed by atoms with Crippen molar-refractivity contribution in [3.63, 3.8) is 0 Å². The minimum atomic E-state index is -0.621. The molecule has 2 saturated heterocycles. The highest BCUT2D eigenvalue weighted by molar-refractivity contribution is 5.93. The topological polar surface area (TPSA) is 58.9 Å². The first-order valence-electron chi connectivity index (χ1n) is 8.91. The van der Waals surface area contributed by atoms with Gasteiger partial charge in [-0.15, -0.1) is 0 Å². The van der Waals surface area contributed by atoms with Crippen molar-refractivity contribution in [2.45, 2.75) is 38.3 Å². The molecule has 0 saturated carbocycles. The van der Waals surface area contributed by atoms with Gasteiger partial charge >= 0.3 is 0 Å². The SMILES string of the molecule is Cc1cccn2c(F)c(C(=O)N[C@H]3COC[C@@H]3N3CCCCC3)nc12. The number of pyridine rings is 1. The number of hydrogen-bond donors (Lipinski definition) is 1. The molecule has 7 heteroatoms. The van der Waals surface area contributed by atoms with Crippen LogP contribution in [0.4, 0.5) is 4.39 Å². The largest absolute Gasteiger partial charge is 0.378 e. The zero-order valence-corrected chi connectivity index (χ0v) is 14.4. The highest BCUT2D eigenvalue weighted by Crippen LogP contribution is 2.20. The zero-order valence-electron chi connectivity index (χ0n) is 14.4. The molecule has 2 aliphatic heterocycles. The molecule has 1 amide bonds. The van der Waals surface area contributed by atoms with E-state index in [1.54, 1.807) is 12.3 Å². The Morgan fingerprint density at radius 2 is 2.12 bits per heavy atom. The number of halogens is 1. The van der Waals surface area contributed by atoms with Crippen LogP contribution in [0.1, 0.15) is 35.3 Å². The fraction of sp³-hybridized carbons (Fsp3) is 0.556. The first-order valence-corrected chi connectivity index (χ1v) is 8.91. The van der Waals surface area contributed by atoms with Crippen LogP contribution >= 0.6 is 0 Å². The van der Waals surface area contributed by atoms with Crippen molar-refractivity contribution >= 4 is 11.6 Å². The monoisotopic (exact) mass is 346 g/mol. The summed E-state index contributed by atoms with van der Waals surface area (Å²) < 4.78 is 21.5. The maximum atomic E-state index is 14.6. The van der Waals surface area contributed by atoms with Gasteiger partial charge in [-0.2, -0.15) is 4.39 Å². The van der Waals surface area contributed by atoms with Gasteiger partial charge in [0.05, 0.1) is 25.3 Å². The Kier molecular flexibility index (Phi) is 4.43. The van der Waals surface area contributed by atoms with Gasteiger partial charge in [-0.25, -0.2) is 4.98 Å². The van der Waals surface area contributed by atoms with E-state index in [-0.39, 0.29) is 17.8 Å². The van der Waals surface area contributed by atoms with Crippen molar-refractivity contribution in [1.82, 2.24) is 19.6 Å². The van der Waals surface area contributed by atoms with E-state index in [1.807, 2.05) is 13.0 Å². The Labute approximate surface area is 146 Å². The van der Waals surface area contributed by atoms with E-state index in [0.717, 1.165) is 18.7 Å². The second-order valence-corrected chi connectivity index (χ2v) is 6.92. The zero-order chi connectivity index (χ0) is 17.4. The third-order valence-corrected chi connectivity index (χ3v) is 5.23. The number of fused-ring (bicyclic) bond motifs is 1. The number of nitrogens with zero attached hydrogens (tertiary/aromatic N) is 3. The first kappa shape index (κ1) is 16.5. The molecule has 0 bridgehead atoms. The Balaban J connectivity index is 1.53. The highest BCUT2D eigenvalue weighted by atomic mass is 19.1. The van der Waals surface area contributed by atoms with Gasteiger partial charge in [0, 0.05) is 6.20 Å². The molecule has 0 spiro atoms. The van der Waals surface area contributed by atoms with Gasteiger partial charge in [0.1, 0.15) is 5.65 Å². The molecular weight excluding hydrogens is 323 g/mol. The standard InChI is InChI=1S/C18H23FN4O2/c1-12-6-5-9-23-16(19)15(21-17(12)23)18(24)20-13-10-25-11-14(13)22-7-3-2-4-8-22/h5-6,9,13-14H,2-4,7-8,10-11H2,1H3,(H,20,24)/t13-,14-/m0/s1.